The van der Waals surface area contributed by atoms with Crippen LogP contribution in [0.1, 0.15) is 81.6 Å². The normalized spacial score (nSPS) is 14.4. The molecule has 7 heteroatoms. The molecule has 1 atom stereocenters. The minimum absolute atomic E-state index is 0.00434. The lowest BCUT2D eigenvalue weighted by molar-refractivity contribution is 0.0547. The van der Waals surface area contributed by atoms with Gasteiger partial charge in [-0.05, 0) is 80.7 Å². The second-order valence-electron chi connectivity index (χ2n) is 11.2. The molecule has 0 radical (unpaired) electrons. The van der Waals surface area contributed by atoms with Gasteiger partial charge >= 0.3 is 6.09 Å². The number of aliphatic hydroxyl groups excluding tert-OH is 1. The van der Waals surface area contributed by atoms with Gasteiger partial charge in [-0.25, -0.2) is 9.36 Å². The predicted octanol–water partition coefficient (Wildman–Crippen LogP) is 5.87. The van der Waals surface area contributed by atoms with Crippen LogP contribution in [-0.4, -0.2) is 45.3 Å². The maximum absolute atomic E-state index is 13.6. The van der Waals surface area contributed by atoms with Crippen LogP contribution in [0.4, 0.5) is 4.79 Å². The van der Waals surface area contributed by atoms with Crippen molar-refractivity contribution in [3.63, 3.8) is 0 Å². The Bertz CT molecular complexity index is 1330. The summed E-state index contributed by atoms with van der Waals surface area (Å²) in [6, 6.07) is 11.8. The minimum Gasteiger partial charge on any atom is -0.443 e. The van der Waals surface area contributed by atoms with Crippen LogP contribution in [0.5, 0.6) is 0 Å². The molecule has 2 aromatic carbocycles. The topological polar surface area (TPSA) is 83.8 Å². The number of carbonyl (C=O) groups is 2. The quantitative estimate of drug-likeness (QED) is 0.420. The summed E-state index contributed by atoms with van der Waals surface area (Å²) < 4.78 is 7.37. The summed E-state index contributed by atoms with van der Waals surface area (Å²) >= 11 is 0. The van der Waals surface area contributed by atoms with E-state index in [-0.39, 0.29) is 11.8 Å². The fourth-order valence-corrected chi connectivity index (χ4v) is 4.93. The first-order chi connectivity index (χ1) is 17.4. The van der Waals surface area contributed by atoms with Crippen LogP contribution in [0.3, 0.4) is 0 Å². The minimum atomic E-state index is -0.695. The smallest absolute Gasteiger partial charge is 0.419 e. The van der Waals surface area contributed by atoms with Gasteiger partial charge in [0.25, 0.3) is 5.91 Å². The molecular weight excluding hydrogens is 466 g/mol. The number of rotatable bonds is 7. The van der Waals surface area contributed by atoms with Crippen molar-refractivity contribution in [2.75, 3.05) is 13.1 Å². The van der Waals surface area contributed by atoms with E-state index in [1.54, 1.807) is 4.57 Å². The lowest BCUT2D eigenvalue weighted by atomic mass is 9.91. The van der Waals surface area contributed by atoms with Crippen LogP contribution < -0.4 is 5.32 Å². The fraction of sp³-hybridized carbons (Fsp3) is 0.467. The number of amides is 1. The molecule has 0 saturated carbocycles. The van der Waals surface area contributed by atoms with Crippen molar-refractivity contribution in [2.24, 2.45) is 5.92 Å². The molecule has 3 aromatic rings. The average Bonchev–Trinajstić information content (AvgIpc) is 3.40. The SMILES string of the molecule is CCN(CC)Cc1ccc2c(c1)cc(-c1cc(C(O)C(C)C)cc3c1C(=O)NC3)n2C(=O)OC(C)(C)C. The Morgan fingerprint density at radius 1 is 1.14 bits per heavy atom. The van der Waals surface area contributed by atoms with Gasteiger partial charge in [0, 0.05) is 24.0 Å². The third-order valence-corrected chi connectivity index (χ3v) is 6.90. The van der Waals surface area contributed by atoms with Crippen LogP contribution in [0.15, 0.2) is 36.4 Å². The van der Waals surface area contributed by atoms with Gasteiger partial charge in [-0.1, -0.05) is 39.8 Å². The molecule has 2 N–H and O–H groups in total. The molecule has 1 amide bonds. The summed E-state index contributed by atoms with van der Waals surface area (Å²) in [7, 11) is 0. The summed E-state index contributed by atoms with van der Waals surface area (Å²) in [6.07, 6.45) is -1.20. The lowest BCUT2D eigenvalue weighted by Crippen LogP contribution is -2.27. The number of aromatic nitrogens is 1. The van der Waals surface area contributed by atoms with Crippen LogP contribution in [0.25, 0.3) is 22.2 Å². The third kappa shape index (κ3) is 5.43. The predicted molar refractivity (Wildman–Crippen MR) is 147 cm³/mol. The number of aliphatic hydroxyl groups is 1. The summed E-state index contributed by atoms with van der Waals surface area (Å²) in [5, 5.41) is 14.7. The number of hydrogen-bond acceptors (Lipinski definition) is 5. The van der Waals surface area contributed by atoms with Gasteiger partial charge in [0.1, 0.15) is 5.60 Å². The third-order valence-electron chi connectivity index (χ3n) is 6.90. The maximum atomic E-state index is 13.6. The average molecular weight is 506 g/mol. The molecule has 1 aliphatic rings. The van der Waals surface area contributed by atoms with Crippen molar-refractivity contribution >= 4 is 22.9 Å². The number of fused-ring (bicyclic) bond motifs is 2. The highest BCUT2D eigenvalue weighted by Gasteiger charge is 2.30. The highest BCUT2D eigenvalue weighted by Crippen LogP contribution is 2.38. The fourth-order valence-electron chi connectivity index (χ4n) is 4.93. The molecule has 0 fully saturated rings. The molecule has 7 nitrogen and oxygen atoms in total. The van der Waals surface area contributed by atoms with E-state index >= 15 is 0 Å². The van der Waals surface area contributed by atoms with Crippen LogP contribution in [0.2, 0.25) is 0 Å². The number of hydrogen-bond donors (Lipinski definition) is 2. The molecule has 0 spiro atoms. The number of ether oxygens (including phenoxy) is 1. The lowest BCUT2D eigenvalue weighted by Gasteiger charge is -2.22. The van der Waals surface area contributed by atoms with Crippen molar-refractivity contribution in [3.05, 3.63) is 58.7 Å². The van der Waals surface area contributed by atoms with Gasteiger partial charge in [-0.3, -0.25) is 9.69 Å². The molecule has 1 unspecified atom stereocenters. The molecule has 0 saturated heterocycles. The van der Waals surface area contributed by atoms with Gasteiger partial charge in [-0.15, -0.1) is 0 Å². The Balaban J connectivity index is 1.96. The van der Waals surface area contributed by atoms with E-state index in [0.29, 0.717) is 23.4 Å². The first-order valence-electron chi connectivity index (χ1n) is 13.2. The Morgan fingerprint density at radius 2 is 1.84 bits per heavy atom. The van der Waals surface area contributed by atoms with Crippen molar-refractivity contribution in [2.45, 2.75) is 73.3 Å². The van der Waals surface area contributed by atoms with Crippen molar-refractivity contribution in [3.8, 4) is 11.3 Å². The Kier molecular flexibility index (Phi) is 7.49. The van der Waals surface area contributed by atoms with Crippen LogP contribution >= 0.6 is 0 Å². The van der Waals surface area contributed by atoms with Crippen LogP contribution in [-0.2, 0) is 17.8 Å². The van der Waals surface area contributed by atoms with Gasteiger partial charge in [0.2, 0.25) is 0 Å². The summed E-state index contributed by atoms with van der Waals surface area (Å²) in [5.41, 5.74) is 4.46. The zero-order chi connectivity index (χ0) is 27.1. The van der Waals surface area contributed by atoms with E-state index < -0.39 is 17.8 Å². The Hall–Kier alpha value is -3.16. The molecule has 1 aliphatic heterocycles. The van der Waals surface area contributed by atoms with Gasteiger partial charge in [-0.2, -0.15) is 0 Å². The summed E-state index contributed by atoms with van der Waals surface area (Å²) in [6.45, 7) is 16.8. The number of nitrogens with zero attached hydrogens (tertiary/aromatic N) is 2. The van der Waals surface area contributed by atoms with Crippen LogP contribution in [0, 0.1) is 5.92 Å². The second kappa shape index (κ2) is 10.3. The monoisotopic (exact) mass is 505 g/mol. The molecular formula is C30H39N3O4. The van der Waals surface area contributed by atoms with E-state index in [0.717, 1.165) is 47.2 Å². The molecule has 0 bridgehead atoms. The van der Waals surface area contributed by atoms with Crippen molar-refractivity contribution < 1.29 is 19.4 Å². The largest absolute Gasteiger partial charge is 0.443 e. The number of benzene rings is 2. The standard InChI is InChI=1S/C30H39N3O4/c1-8-32(9-2)17-19-10-11-24-20(12-19)15-25(33(24)29(36)37-30(5,6)7)23-14-21(27(34)18(3)4)13-22-16-31-28(35)26(22)23/h10-15,18,27,34H,8-9,16-17H2,1-7H3,(H,31,35). The summed E-state index contributed by atoms with van der Waals surface area (Å²) in [5.74, 6) is -0.186. The zero-order valence-corrected chi connectivity index (χ0v) is 23.0. The van der Waals surface area contributed by atoms with E-state index in [4.69, 9.17) is 4.74 Å². The van der Waals surface area contributed by atoms with E-state index in [2.05, 4.69) is 30.1 Å². The second-order valence-corrected chi connectivity index (χ2v) is 11.2. The molecule has 2 heterocycles. The van der Waals surface area contributed by atoms with E-state index in [1.807, 2.05) is 65.0 Å². The zero-order valence-electron chi connectivity index (χ0n) is 23.0. The molecule has 198 valence electrons. The highest BCUT2D eigenvalue weighted by molar-refractivity contribution is 6.07. The first-order valence-corrected chi connectivity index (χ1v) is 13.2. The summed E-state index contributed by atoms with van der Waals surface area (Å²) in [4.78, 5) is 28.8. The van der Waals surface area contributed by atoms with E-state index in [9.17, 15) is 14.7 Å². The Labute approximate surface area is 219 Å². The maximum Gasteiger partial charge on any atom is 0.419 e. The molecule has 37 heavy (non-hydrogen) atoms. The van der Waals surface area contributed by atoms with Crippen molar-refractivity contribution in [1.82, 2.24) is 14.8 Å². The number of carbonyl (C=O) groups excluding carboxylic acids is 2. The van der Waals surface area contributed by atoms with E-state index in [1.165, 1.54) is 0 Å². The molecule has 0 aliphatic carbocycles. The number of nitrogens with one attached hydrogen (secondary N) is 1. The van der Waals surface area contributed by atoms with Gasteiger partial charge < -0.3 is 15.2 Å². The molecule has 1 aromatic heterocycles. The first kappa shape index (κ1) is 26.9. The van der Waals surface area contributed by atoms with Crippen molar-refractivity contribution in [1.29, 1.82) is 0 Å². The van der Waals surface area contributed by atoms with Gasteiger partial charge in [0.15, 0.2) is 0 Å². The molecule has 4 rings (SSSR count). The van der Waals surface area contributed by atoms with Gasteiger partial charge in [0.05, 0.1) is 22.9 Å². The Morgan fingerprint density at radius 3 is 2.46 bits per heavy atom. The highest BCUT2D eigenvalue weighted by atomic mass is 16.6.